The lowest BCUT2D eigenvalue weighted by Gasteiger charge is -2.35. The minimum absolute atomic E-state index is 0.591. The summed E-state index contributed by atoms with van der Waals surface area (Å²) in [6, 6.07) is 0. The van der Waals surface area contributed by atoms with Gasteiger partial charge in [-0.3, -0.25) is 0 Å². The summed E-state index contributed by atoms with van der Waals surface area (Å²) in [6.45, 7) is 14.2. The van der Waals surface area contributed by atoms with Crippen molar-refractivity contribution in [3.05, 3.63) is 6.42 Å². The minimum Gasteiger partial charge on any atom is -0.0654 e. The molecule has 0 rings (SSSR count). The summed E-state index contributed by atoms with van der Waals surface area (Å²) >= 11 is 0. The Morgan fingerprint density at radius 1 is 0.579 bits per heavy atom. The fraction of sp³-hybridized carbons (Fsp3) is 0.947. The second kappa shape index (κ2) is 9.83. The average Bonchev–Trinajstić information content (AvgIpc) is 2.45. The third-order valence-electron chi connectivity index (χ3n) is 5.72. The maximum absolute atomic E-state index is 2.64. The first-order valence-corrected chi connectivity index (χ1v) is 8.89. The molecule has 115 valence electrons. The van der Waals surface area contributed by atoms with Crippen molar-refractivity contribution in [2.24, 2.45) is 10.8 Å². The first-order chi connectivity index (χ1) is 9.07. The zero-order valence-electron chi connectivity index (χ0n) is 14.6. The van der Waals surface area contributed by atoms with E-state index in [4.69, 9.17) is 0 Å². The topological polar surface area (TPSA) is 0 Å². The van der Waals surface area contributed by atoms with Crippen molar-refractivity contribution < 1.29 is 0 Å². The number of hydrogen-bond donors (Lipinski definition) is 0. The van der Waals surface area contributed by atoms with Crippen LogP contribution in [0.1, 0.15) is 106 Å². The van der Waals surface area contributed by atoms with Gasteiger partial charge < -0.3 is 0 Å². The van der Waals surface area contributed by atoms with E-state index in [0.717, 1.165) is 0 Å². The molecule has 19 heavy (non-hydrogen) atoms. The summed E-state index contributed by atoms with van der Waals surface area (Å²) in [6.07, 6.45) is 16.1. The van der Waals surface area contributed by atoms with Gasteiger partial charge in [0.05, 0.1) is 0 Å². The van der Waals surface area contributed by atoms with Gasteiger partial charge in [-0.1, -0.05) is 80.1 Å². The highest BCUT2D eigenvalue weighted by molar-refractivity contribution is 4.88. The first kappa shape index (κ1) is 19.0. The predicted molar refractivity (Wildman–Crippen MR) is 89.4 cm³/mol. The summed E-state index contributed by atoms with van der Waals surface area (Å²) in [5.41, 5.74) is 1.18. The van der Waals surface area contributed by atoms with Crippen LogP contribution >= 0.6 is 0 Å². The second-order valence-corrected chi connectivity index (χ2v) is 6.61. The van der Waals surface area contributed by atoms with Crippen LogP contribution in [0.3, 0.4) is 0 Å². The lowest BCUT2D eigenvalue weighted by atomic mass is 9.70. The fourth-order valence-corrected chi connectivity index (χ4v) is 3.73. The zero-order chi connectivity index (χ0) is 14.8. The molecule has 0 aliphatic heterocycles. The Labute approximate surface area is 123 Å². The molecule has 0 heterocycles. The van der Waals surface area contributed by atoms with Crippen molar-refractivity contribution in [3.8, 4) is 0 Å². The van der Waals surface area contributed by atoms with Crippen LogP contribution in [-0.4, -0.2) is 0 Å². The SMILES string of the molecule is CCCC(CC)(CC)C[CH]CC(CC)(CC)CCC. The van der Waals surface area contributed by atoms with Gasteiger partial charge in [0.1, 0.15) is 0 Å². The molecule has 0 atom stereocenters. The molecule has 0 nitrogen and oxygen atoms in total. The molecule has 0 bridgehead atoms. The van der Waals surface area contributed by atoms with E-state index in [9.17, 15) is 0 Å². The van der Waals surface area contributed by atoms with Gasteiger partial charge in [0.15, 0.2) is 0 Å². The van der Waals surface area contributed by atoms with Gasteiger partial charge in [-0.15, -0.1) is 0 Å². The maximum atomic E-state index is 2.64. The van der Waals surface area contributed by atoms with Crippen LogP contribution in [0.25, 0.3) is 0 Å². The third kappa shape index (κ3) is 5.88. The molecule has 0 aliphatic rings. The van der Waals surface area contributed by atoms with Crippen LogP contribution in [0.5, 0.6) is 0 Å². The number of hydrogen-bond acceptors (Lipinski definition) is 0. The quantitative estimate of drug-likeness (QED) is 0.351. The van der Waals surface area contributed by atoms with Crippen molar-refractivity contribution in [1.82, 2.24) is 0 Å². The van der Waals surface area contributed by atoms with E-state index < -0.39 is 0 Å². The smallest absolute Gasteiger partial charge is 0.0300 e. The molecule has 0 saturated carbocycles. The Morgan fingerprint density at radius 2 is 0.895 bits per heavy atom. The molecule has 0 amide bonds. The molecular formula is C19H39. The summed E-state index contributed by atoms with van der Waals surface area (Å²) < 4.78 is 0. The Morgan fingerprint density at radius 3 is 1.11 bits per heavy atom. The highest BCUT2D eigenvalue weighted by atomic mass is 14.3. The molecule has 0 heteroatoms. The van der Waals surface area contributed by atoms with E-state index in [2.05, 4.69) is 48.0 Å². The molecular weight excluding hydrogens is 228 g/mol. The summed E-state index contributed by atoms with van der Waals surface area (Å²) in [7, 11) is 0. The van der Waals surface area contributed by atoms with E-state index in [0.29, 0.717) is 10.8 Å². The Hall–Kier alpha value is 0. The Kier molecular flexibility index (Phi) is 9.83. The van der Waals surface area contributed by atoms with Gasteiger partial charge in [-0.25, -0.2) is 0 Å². The van der Waals surface area contributed by atoms with E-state index >= 15 is 0 Å². The first-order valence-electron chi connectivity index (χ1n) is 8.89. The highest BCUT2D eigenvalue weighted by Gasteiger charge is 2.28. The summed E-state index contributed by atoms with van der Waals surface area (Å²) in [5, 5.41) is 0. The van der Waals surface area contributed by atoms with Gasteiger partial charge in [0.25, 0.3) is 0 Å². The van der Waals surface area contributed by atoms with Crippen LogP contribution in [0.15, 0.2) is 0 Å². The normalized spacial score (nSPS) is 12.9. The second-order valence-electron chi connectivity index (χ2n) is 6.61. The van der Waals surface area contributed by atoms with E-state index in [1.807, 2.05) is 0 Å². The molecule has 0 spiro atoms. The van der Waals surface area contributed by atoms with Gasteiger partial charge in [0, 0.05) is 0 Å². The van der Waals surface area contributed by atoms with Crippen LogP contribution in [-0.2, 0) is 0 Å². The van der Waals surface area contributed by atoms with Crippen LogP contribution in [0, 0.1) is 17.3 Å². The van der Waals surface area contributed by atoms with Gasteiger partial charge >= 0.3 is 0 Å². The zero-order valence-corrected chi connectivity index (χ0v) is 14.6. The van der Waals surface area contributed by atoms with Crippen LogP contribution in [0.2, 0.25) is 0 Å². The molecule has 0 saturated heterocycles. The molecule has 1 radical (unpaired) electrons. The van der Waals surface area contributed by atoms with Gasteiger partial charge in [0.2, 0.25) is 0 Å². The Bertz CT molecular complexity index is 174. The summed E-state index contributed by atoms with van der Waals surface area (Å²) in [5.74, 6) is 0. The third-order valence-corrected chi connectivity index (χ3v) is 5.72. The van der Waals surface area contributed by atoms with Crippen molar-refractivity contribution in [2.75, 3.05) is 0 Å². The molecule has 0 fully saturated rings. The highest BCUT2D eigenvalue weighted by Crippen LogP contribution is 2.41. The number of rotatable bonds is 12. The molecule has 0 N–H and O–H groups in total. The molecule has 0 unspecified atom stereocenters. The molecule has 0 aromatic carbocycles. The lowest BCUT2D eigenvalue weighted by Crippen LogP contribution is -2.23. The average molecular weight is 268 g/mol. The van der Waals surface area contributed by atoms with Crippen LogP contribution in [0.4, 0.5) is 0 Å². The fourth-order valence-electron chi connectivity index (χ4n) is 3.73. The monoisotopic (exact) mass is 267 g/mol. The molecule has 0 aliphatic carbocycles. The van der Waals surface area contributed by atoms with Crippen molar-refractivity contribution in [1.29, 1.82) is 0 Å². The van der Waals surface area contributed by atoms with Gasteiger partial charge in [-0.2, -0.15) is 0 Å². The van der Waals surface area contributed by atoms with E-state index in [-0.39, 0.29) is 0 Å². The van der Waals surface area contributed by atoms with Crippen molar-refractivity contribution in [2.45, 2.75) is 106 Å². The van der Waals surface area contributed by atoms with Crippen molar-refractivity contribution in [3.63, 3.8) is 0 Å². The maximum Gasteiger partial charge on any atom is -0.0300 e. The minimum atomic E-state index is 0.591. The molecule has 0 aromatic rings. The summed E-state index contributed by atoms with van der Waals surface area (Å²) in [4.78, 5) is 0. The van der Waals surface area contributed by atoms with Crippen LogP contribution < -0.4 is 0 Å². The Balaban J connectivity index is 4.43. The predicted octanol–water partition coefficient (Wildman–Crippen LogP) is 7.18. The molecule has 0 aromatic heterocycles. The lowest BCUT2D eigenvalue weighted by molar-refractivity contribution is 0.197. The van der Waals surface area contributed by atoms with E-state index in [1.54, 1.807) is 0 Å². The van der Waals surface area contributed by atoms with Gasteiger partial charge in [-0.05, 0) is 42.9 Å². The standard InChI is InChI=1S/C19H39/c1-7-14-18(9-3,10-4)16-13-17-19(11-5,12-6)15-8-2/h13H,7-12,14-17H2,1-6H3. The van der Waals surface area contributed by atoms with E-state index in [1.165, 1.54) is 64.2 Å². The largest absolute Gasteiger partial charge is 0.0654 e. The van der Waals surface area contributed by atoms with Crippen molar-refractivity contribution >= 4 is 0 Å².